The van der Waals surface area contributed by atoms with Gasteiger partial charge in [0.05, 0.1) is 18.8 Å². The monoisotopic (exact) mass is 273 g/mol. The van der Waals surface area contributed by atoms with Crippen molar-refractivity contribution in [3.8, 4) is 6.07 Å². The highest BCUT2D eigenvalue weighted by molar-refractivity contribution is 5.94. The molecule has 1 spiro atoms. The van der Waals surface area contributed by atoms with Gasteiger partial charge in [-0.1, -0.05) is 0 Å². The third-order valence-corrected chi connectivity index (χ3v) is 3.75. The van der Waals surface area contributed by atoms with E-state index < -0.39 is 5.79 Å². The molecule has 0 aliphatic carbocycles. The summed E-state index contributed by atoms with van der Waals surface area (Å²) in [5, 5.41) is 8.70. The van der Waals surface area contributed by atoms with Crippen LogP contribution in [0.25, 0.3) is 0 Å². The number of hydrogen-bond donors (Lipinski definition) is 0. The number of amides is 1. The van der Waals surface area contributed by atoms with E-state index in [2.05, 4.69) is 4.98 Å². The minimum Gasteiger partial charge on any atom is -0.347 e. The van der Waals surface area contributed by atoms with E-state index in [1.54, 1.807) is 17.0 Å². The van der Waals surface area contributed by atoms with Crippen molar-refractivity contribution in [3.63, 3.8) is 0 Å². The summed E-state index contributed by atoms with van der Waals surface area (Å²) in [6.45, 7) is 2.48. The Balaban J connectivity index is 1.65. The first-order chi connectivity index (χ1) is 9.72. The molecule has 0 atom stereocenters. The van der Waals surface area contributed by atoms with Crippen LogP contribution in [0.4, 0.5) is 0 Å². The molecule has 0 saturated carbocycles. The first-order valence-electron chi connectivity index (χ1n) is 6.66. The highest BCUT2D eigenvalue weighted by Gasteiger charge is 2.40. The number of piperidine rings is 1. The number of likely N-dealkylation sites (tertiary alicyclic amines) is 1. The van der Waals surface area contributed by atoms with Crippen molar-refractivity contribution in [2.45, 2.75) is 18.6 Å². The fraction of sp³-hybridized carbons (Fsp3) is 0.500. The standard InChI is InChI=1S/C14H15N3O3/c15-9-12-2-1-11(10-16-12)13(18)17-5-3-14(4-6-17)19-7-8-20-14/h1-2,10H,3-8H2. The van der Waals surface area contributed by atoms with E-state index in [-0.39, 0.29) is 5.91 Å². The predicted octanol–water partition coefficient (Wildman–Crippen LogP) is 0.932. The van der Waals surface area contributed by atoms with Crippen molar-refractivity contribution in [2.24, 2.45) is 0 Å². The maximum Gasteiger partial charge on any atom is 0.255 e. The SMILES string of the molecule is N#Cc1ccc(C(=O)N2CCC3(CC2)OCCO3)cn1. The third-order valence-electron chi connectivity index (χ3n) is 3.75. The van der Waals surface area contributed by atoms with Crippen LogP contribution in [0.3, 0.4) is 0 Å². The number of hydrogen-bond acceptors (Lipinski definition) is 5. The fourth-order valence-corrected chi connectivity index (χ4v) is 2.61. The molecule has 0 aromatic carbocycles. The summed E-state index contributed by atoms with van der Waals surface area (Å²) in [5.74, 6) is -0.533. The molecule has 2 aliphatic rings. The summed E-state index contributed by atoms with van der Waals surface area (Å²) < 4.78 is 11.3. The van der Waals surface area contributed by atoms with E-state index in [0.717, 1.165) is 0 Å². The van der Waals surface area contributed by atoms with Crippen molar-refractivity contribution in [1.29, 1.82) is 5.26 Å². The molecule has 2 fully saturated rings. The number of nitrogens with zero attached hydrogens (tertiary/aromatic N) is 3. The zero-order chi connectivity index (χ0) is 14.0. The summed E-state index contributed by atoms with van der Waals surface area (Å²) in [6, 6.07) is 5.13. The summed E-state index contributed by atoms with van der Waals surface area (Å²) >= 11 is 0. The summed E-state index contributed by atoms with van der Waals surface area (Å²) in [4.78, 5) is 18.0. The van der Waals surface area contributed by atoms with Gasteiger partial charge >= 0.3 is 0 Å². The first-order valence-corrected chi connectivity index (χ1v) is 6.66. The minimum atomic E-state index is -0.473. The topological polar surface area (TPSA) is 75.5 Å². The Hall–Kier alpha value is -1.97. The van der Waals surface area contributed by atoms with Gasteiger partial charge in [0.2, 0.25) is 0 Å². The van der Waals surface area contributed by atoms with Gasteiger partial charge in [0.1, 0.15) is 11.8 Å². The number of carbonyl (C=O) groups is 1. The fourth-order valence-electron chi connectivity index (χ4n) is 2.61. The maximum absolute atomic E-state index is 12.3. The molecule has 0 bridgehead atoms. The minimum absolute atomic E-state index is 0.0603. The first kappa shape index (κ1) is 13.0. The van der Waals surface area contributed by atoms with E-state index in [1.165, 1.54) is 6.20 Å². The highest BCUT2D eigenvalue weighted by atomic mass is 16.7. The Morgan fingerprint density at radius 3 is 2.55 bits per heavy atom. The molecule has 1 amide bonds. The molecule has 1 aromatic rings. The molecule has 0 N–H and O–H groups in total. The Morgan fingerprint density at radius 2 is 2.00 bits per heavy atom. The molecule has 2 aliphatic heterocycles. The smallest absolute Gasteiger partial charge is 0.255 e. The average molecular weight is 273 g/mol. The second kappa shape index (κ2) is 5.19. The van der Waals surface area contributed by atoms with Crippen LogP contribution >= 0.6 is 0 Å². The number of rotatable bonds is 1. The Labute approximate surface area is 116 Å². The van der Waals surface area contributed by atoms with Gasteiger partial charge in [-0.3, -0.25) is 4.79 Å². The molecule has 0 unspecified atom stereocenters. The van der Waals surface area contributed by atoms with Crippen LogP contribution in [-0.2, 0) is 9.47 Å². The number of ether oxygens (including phenoxy) is 2. The summed E-state index contributed by atoms with van der Waals surface area (Å²) in [6.07, 6.45) is 2.85. The number of pyridine rings is 1. The number of nitriles is 1. The van der Waals surface area contributed by atoms with Gasteiger partial charge in [-0.25, -0.2) is 4.98 Å². The van der Waals surface area contributed by atoms with Crippen molar-refractivity contribution in [1.82, 2.24) is 9.88 Å². The maximum atomic E-state index is 12.3. The van der Waals surface area contributed by atoms with E-state index in [0.29, 0.717) is 50.4 Å². The normalized spacial score (nSPS) is 20.9. The Morgan fingerprint density at radius 1 is 1.30 bits per heavy atom. The van der Waals surface area contributed by atoms with Crippen LogP contribution in [-0.4, -0.2) is 47.9 Å². The van der Waals surface area contributed by atoms with E-state index in [4.69, 9.17) is 14.7 Å². The van der Waals surface area contributed by atoms with Crippen LogP contribution in [0.5, 0.6) is 0 Å². The summed E-state index contributed by atoms with van der Waals surface area (Å²) in [5.41, 5.74) is 0.820. The van der Waals surface area contributed by atoms with E-state index in [9.17, 15) is 4.79 Å². The Bertz CT molecular complexity index is 534. The number of aromatic nitrogens is 1. The molecular formula is C14H15N3O3. The molecule has 1 aromatic heterocycles. The lowest BCUT2D eigenvalue weighted by molar-refractivity contribution is -0.181. The van der Waals surface area contributed by atoms with Gasteiger partial charge < -0.3 is 14.4 Å². The molecule has 20 heavy (non-hydrogen) atoms. The van der Waals surface area contributed by atoms with Crippen LogP contribution in [0.1, 0.15) is 28.9 Å². The van der Waals surface area contributed by atoms with Crippen LogP contribution in [0, 0.1) is 11.3 Å². The molecule has 0 radical (unpaired) electrons. The third kappa shape index (κ3) is 2.38. The summed E-state index contributed by atoms with van der Waals surface area (Å²) in [7, 11) is 0. The quantitative estimate of drug-likeness (QED) is 0.761. The zero-order valence-electron chi connectivity index (χ0n) is 11.0. The van der Waals surface area contributed by atoms with Gasteiger partial charge in [0.25, 0.3) is 5.91 Å². The molecule has 3 rings (SSSR count). The lowest BCUT2D eigenvalue weighted by Crippen LogP contribution is -2.47. The molecule has 6 heteroatoms. The molecular weight excluding hydrogens is 258 g/mol. The van der Waals surface area contributed by atoms with Crippen molar-refractivity contribution in [3.05, 3.63) is 29.6 Å². The van der Waals surface area contributed by atoms with E-state index in [1.807, 2.05) is 6.07 Å². The predicted molar refractivity (Wildman–Crippen MR) is 68.7 cm³/mol. The van der Waals surface area contributed by atoms with Gasteiger partial charge in [0.15, 0.2) is 5.79 Å². The molecule has 104 valence electrons. The second-order valence-corrected chi connectivity index (χ2v) is 4.94. The van der Waals surface area contributed by atoms with Crippen molar-refractivity contribution >= 4 is 5.91 Å². The lowest BCUT2D eigenvalue weighted by atomic mass is 10.0. The van der Waals surface area contributed by atoms with Gasteiger partial charge in [-0.15, -0.1) is 0 Å². The van der Waals surface area contributed by atoms with Crippen LogP contribution in [0.2, 0.25) is 0 Å². The average Bonchev–Trinajstić information content (AvgIpc) is 2.96. The van der Waals surface area contributed by atoms with Crippen LogP contribution < -0.4 is 0 Å². The number of carbonyl (C=O) groups excluding carboxylic acids is 1. The van der Waals surface area contributed by atoms with Gasteiger partial charge in [-0.2, -0.15) is 5.26 Å². The Kier molecular flexibility index (Phi) is 3.38. The van der Waals surface area contributed by atoms with E-state index >= 15 is 0 Å². The van der Waals surface area contributed by atoms with Crippen molar-refractivity contribution in [2.75, 3.05) is 26.3 Å². The molecule has 2 saturated heterocycles. The molecule has 3 heterocycles. The lowest BCUT2D eigenvalue weighted by Gasteiger charge is -2.37. The van der Waals surface area contributed by atoms with Crippen LogP contribution in [0.15, 0.2) is 18.3 Å². The van der Waals surface area contributed by atoms with Crippen molar-refractivity contribution < 1.29 is 14.3 Å². The second-order valence-electron chi connectivity index (χ2n) is 4.94. The highest BCUT2D eigenvalue weighted by Crippen LogP contribution is 2.31. The zero-order valence-corrected chi connectivity index (χ0v) is 11.0. The van der Waals surface area contributed by atoms with Gasteiger partial charge in [0, 0.05) is 32.1 Å². The largest absolute Gasteiger partial charge is 0.347 e. The molecule has 6 nitrogen and oxygen atoms in total. The van der Waals surface area contributed by atoms with Gasteiger partial charge in [-0.05, 0) is 12.1 Å².